The van der Waals surface area contributed by atoms with Crippen LogP contribution in [0.3, 0.4) is 0 Å². The molecule has 4 rings (SSSR count). The lowest BCUT2D eigenvalue weighted by Crippen LogP contribution is -2.14. The Hall–Kier alpha value is -3.54. The van der Waals surface area contributed by atoms with Gasteiger partial charge in [-0.05, 0) is 16.8 Å². The Morgan fingerprint density at radius 1 is 1.04 bits per heavy atom. The number of aromatic nitrogens is 4. The lowest BCUT2D eigenvalue weighted by atomic mass is 10.0. The maximum atomic E-state index is 12.6. The molecule has 0 aliphatic rings. The smallest absolute Gasteiger partial charge is 0.257 e. The highest BCUT2D eigenvalue weighted by molar-refractivity contribution is 6.12. The summed E-state index contributed by atoms with van der Waals surface area (Å²) < 4.78 is 1.75. The zero-order valence-electron chi connectivity index (χ0n) is 12.6. The molecule has 2 heterocycles. The highest BCUT2D eigenvalue weighted by Gasteiger charge is 2.11. The molecule has 0 bridgehead atoms. The van der Waals surface area contributed by atoms with E-state index in [1.54, 1.807) is 35.4 Å². The van der Waals surface area contributed by atoms with Gasteiger partial charge in [0, 0.05) is 24.0 Å². The van der Waals surface area contributed by atoms with Gasteiger partial charge >= 0.3 is 0 Å². The molecule has 1 N–H and O–H groups in total. The van der Waals surface area contributed by atoms with E-state index >= 15 is 0 Å². The summed E-state index contributed by atoms with van der Waals surface area (Å²) in [6, 6.07) is 15.1. The first-order chi connectivity index (χ1) is 11.8. The molecular weight excluding hydrogens is 302 g/mol. The first-order valence-corrected chi connectivity index (χ1v) is 7.41. The SMILES string of the molecule is O=C(Nc1cc(-n2ccnc2)ncn1)c1cccc2ccccc12. The summed E-state index contributed by atoms with van der Waals surface area (Å²) >= 11 is 0. The summed E-state index contributed by atoms with van der Waals surface area (Å²) in [4.78, 5) is 24.9. The van der Waals surface area contributed by atoms with Crippen molar-refractivity contribution >= 4 is 22.5 Å². The molecule has 1 amide bonds. The molecule has 0 unspecified atom stereocenters. The summed E-state index contributed by atoms with van der Waals surface area (Å²) in [6.07, 6.45) is 6.49. The van der Waals surface area contributed by atoms with Gasteiger partial charge in [-0.1, -0.05) is 36.4 Å². The number of nitrogens with one attached hydrogen (secondary N) is 1. The molecule has 116 valence electrons. The van der Waals surface area contributed by atoms with Gasteiger partial charge in [-0.3, -0.25) is 9.36 Å². The van der Waals surface area contributed by atoms with Crippen molar-refractivity contribution in [3.63, 3.8) is 0 Å². The minimum absolute atomic E-state index is 0.206. The van der Waals surface area contributed by atoms with E-state index in [0.717, 1.165) is 10.8 Å². The molecule has 0 atom stereocenters. The molecule has 0 radical (unpaired) electrons. The van der Waals surface area contributed by atoms with Crippen LogP contribution in [0.5, 0.6) is 0 Å². The van der Waals surface area contributed by atoms with Gasteiger partial charge in [0.15, 0.2) is 0 Å². The van der Waals surface area contributed by atoms with Crippen LogP contribution in [0.15, 0.2) is 73.6 Å². The molecule has 0 aliphatic heterocycles. The van der Waals surface area contributed by atoms with E-state index in [1.165, 1.54) is 6.33 Å². The molecule has 2 aromatic carbocycles. The number of hydrogen-bond donors (Lipinski definition) is 1. The molecule has 4 aromatic rings. The number of carbonyl (C=O) groups excluding carboxylic acids is 1. The standard InChI is InChI=1S/C18H13N5O/c24-18(15-7-3-5-13-4-1-2-6-14(13)15)22-16-10-17(21-11-20-16)23-9-8-19-12-23/h1-12H,(H,20,21,22,24). The van der Waals surface area contributed by atoms with Crippen molar-refractivity contribution < 1.29 is 4.79 Å². The Kier molecular flexibility index (Phi) is 3.47. The number of anilines is 1. The first kappa shape index (κ1) is 14.1. The van der Waals surface area contributed by atoms with Crippen molar-refractivity contribution in [1.82, 2.24) is 19.5 Å². The van der Waals surface area contributed by atoms with Gasteiger partial charge in [-0.25, -0.2) is 15.0 Å². The van der Waals surface area contributed by atoms with E-state index in [0.29, 0.717) is 17.2 Å². The Labute approximate surface area is 137 Å². The van der Waals surface area contributed by atoms with Gasteiger partial charge in [0.05, 0.1) is 0 Å². The molecule has 6 nitrogen and oxygen atoms in total. The zero-order chi connectivity index (χ0) is 16.4. The van der Waals surface area contributed by atoms with Crippen molar-refractivity contribution in [3.8, 4) is 5.82 Å². The second-order valence-corrected chi connectivity index (χ2v) is 5.21. The van der Waals surface area contributed by atoms with E-state index in [9.17, 15) is 4.79 Å². The number of benzene rings is 2. The number of nitrogens with zero attached hydrogens (tertiary/aromatic N) is 4. The van der Waals surface area contributed by atoms with Crippen LogP contribution in [0.4, 0.5) is 5.82 Å². The Morgan fingerprint density at radius 2 is 1.92 bits per heavy atom. The zero-order valence-corrected chi connectivity index (χ0v) is 12.6. The summed E-state index contributed by atoms with van der Waals surface area (Å²) in [5, 5.41) is 4.75. The van der Waals surface area contributed by atoms with Crippen LogP contribution < -0.4 is 5.32 Å². The van der Waals surface area contributed by atoms with Crippen LogP contribution in [0.25, 0.3) is 16.6 Å². The van der Waals surface area contributed by atoms with Crippen LogP contribution in [-0.2, 0) is 0 Å². The van der Waals surface area contributed by atoms with Gasteiger partial charge in [0.2, 0.25) is 0 Å². The first-order valence-electron chi connectivity index (χ1n) is 7.41. The fraction of sp³-hybridized carbons (Fsp3) is 0. The molecule has 0 fully saturated rings. The Balaban J connectivity index is 1.66. The number of fused-ring (bicyclic) bond motifs is 1. The second-order valence-electron chi connectivity index (χ2n) is 5.21. The summed E-state index contributed by atoms with van der Waals surface area (Å²) in [6.45, 7) is 0. The average Bonchev–Trinajstić information content (AvgIpc) is 3.16. The fourth-order valence-electron chi connectivity index (χ4n) is 2.56. The quantitative estimate of drug-likeness (QED) is 0.630. The normalized spacial score (nSPS) is 10.7. The Bertz CT molecular complexity index is 1010. The van der Waals surface area contributed by atoms with Crippen molar-refractivity contribution in [2.75, 3.05) is 5.32 Å². The number of amides is 1. The third-order valence-electron chi connectivity index (χ3n) is 3.70. The topological polar surface area (TPSA) is 72.7 Å². The van der Waals surface area contributed by atoms with E-state index in [1.807, 2.05) is 36.4 Å². The van der Waals surface area contributed by atoms with Gasteiger partial charge in [-0.15, -0.1) is 0 Å². The molecule has 2 aromatic heterocycles. The van der Waals surface area contributed by atoms with Gasteiger partial charge < -0.3 is 5.32 Å². The van der Waals surface area contributed by atoms with Crippen molar-refractivity contribution in [3.05, 3.63) is 79.1 Å². The third kappa shape index (κ3) is 2.61. The minimum Gasteiger partial charge on any atom is -0.306 e. The summed E-state index contributed by atoms with van der Waals surface area (Å²) in [7, 11) is 0. The minimum atomic E-state index is -0.206. The number of hydrogen-bond acceptors (Lipinski definition) is 4. The molecule has 0 aliphatic carbocycles. The van der Waals surface area contributed by atoms with Crippen LogP contribution in [0.1, 0.15) is 10.4 Å². The predicted molar refractivity (Wildman–Crippen MR) is 91.1 cm³/mol. The molecule has 0 saturated heterocycles. The highest BCUT2D eigenvalue weighted by Crippen LogP contribution is 2.19. The van der Waals surface area contributed by atoms with E-state index in [4.69, 9.17) is 0 Å². The monoisotopic (exact) mass is 315 g/mol. The van der Waals surface area contributed by atoms with E-state index < -0.39 is 0 Å². The molecule has 0 saturated carbocycles. The van der Waals surface area contributed by atoms with Crippen LogP contribution in [0.2, 0.25) is 0 Å². The Morgan fingerprint density at radius 3 is 2.79 bits per heavy atom. The third-order valence-corrected chi connectivity index (χ3v) is 3.70. The summed E-state index contributed by atoms with van der Waals surface area (Å²) in [5.74, 6) is 0.865. The number of rotatable bonds is 3. The summed E-state index contributed by atoms with van der Waals surface area (Å²) in [5.41, 5.74) is 0.607. The highest BCUT2D eigenvalue weighted by atomic mass is 16.1. The van der Waals surface area contributed by atoms with Crippen LogP contribution in [-0.4, -0.2) is 25.4 Å². The van der Waals surface area contributed by atoms with Gasteiger partial charge in [0.1, 0.15) is 24.3 Å². The second kappa shape index (κ2) is 5.92. The molecule has 6 heteroatoms. The molecule has 24 heavy (non-hydrogen) atoms. The largest absolute Gasteiger partial charge is 0.306 e. The van der Waals surface area contributed by atoms with Crippen molar-refractivity contribution in [2.45, 2.75) is 0 Å². The van der Waals surface area contributed by atoms with E-state index in [2.05, 4.69) is 20.3 Å². The van der Waals surface area contributed by atoms with Crippen LogP contribution in [0, 0.1) is 0 Å². The average molecular weight is 315 g/mol. The van der Waals surface area contributed by atoms with Crippen molar-refractivity contribution in [1.29, 1.82) is 0 Å². The van der Waals surface area contributed by atoms with Crippen molar-refractivity contribution in [2.24, 2.45) is 0 Å². The van der Waals surface area contributed by atoms with Gasteiger partial charge in [-0.2, -0.15) is 0 Å². The lowest BCUT2D eigenvalue weighted by molar-refractivity contribution is 0.102. The van der Waals surface area contributed by atoms with E-state index in [-0.39, 0.29) is 5.91 Å². The maximum absolute atomic E-state index is 12.6. The fourth-order valence-corrected chi connectivity index (χ4v) is 2.56. The number of imidazole rings is 1. The molecule has 0 spiro atoms. The van der Waals surface area contributed by atoms with Crippen LogP contribution >= 0.6 is 0 Å². The molecular formula is C18H13N5O. The lowest BCUT2D eigenvalue weighted by Gasteiger charge is -2.08. The number of carbonyl (C=O) groups is 1. The maximum Gasteiger partial charge on any atom is 0.257 e. The van der Waals surface area contributed by atoms with Gasteiger partial charge in [0.25, 0.3) is 5.91 Å². The predicted octanol–water partition coefficient (Wildman–Crippen LogP) is 3.07.